The van der Waals surface area contributed by atoms with Gasteiger partial charge in [0.15, 0.2) is 11.6 Å². The number of aliphatic hydroxyl groups is 5. The summed E-state index contributed by atoms with van der Waals surface area (Å²) in [5.41, 5.74) is 7.83. The van der Waals surface area contributed by atoms with Gasteiger partial charge in [0.25, 0.3) is 5.69 Å². The molecule has 0 aromatic carbocycles. The number of hydrogen-bond acceptors (Lipinski definition) is 14. The third kappa shape index (κ3) is 7.75. The van der Waals surface area contributed by atoms with Crippen LogP contribution in [-0.4, -0.2) is 126 Å². The summed E-state index contributed by atoms with van der Waals surface area (Å²) < 4.78 is 0. The molecule has 15 nitrogen and oxygen atoms in total. The van der Waals surface area contributed by atoms with Crippen LogP contribution in [0.4, 0.5) is 34.4 Å². The van der Waals surface area contributed by atoms with Gasteiger partial charge < -0.3 is 50.9 Å². The molecule has 0 saturated carbocycles. The molecule has 0 fully saturated rings. The maximum Gasteiger partial charge on any atom is 0.289 e. The van der Waals surface area contributed by atoms with Gasteiger partial charge in [0, 0.05) is 65.5 Å². The zero-order valence-electron chi connectivity index (χ0n) is 21.6. The molecule has 2 aromatic rings. The number of rotatable bonds is 9. The zero-order chi connectivity index (χ0) is 28.1. The predicted octanol–water partition coefficient (Wildman–Crippen LogP) is -1.52. The molecular formula is C23H38N8O7. The third-order valence-electron chi connectivity index (χ3n) is 5.95. The first-order valence-corrected chi connectivity index (χ1v) is 12.2. The van der Waals surface area contributed by atoms with E-state index < -0.39 is 4.92 Å². The molecule has 15 heteroatoms. The summed E-state index contributed by atoms with van der Waals surface area (Å²) in [6, 6.07) is 3.32. The molecule has 7 N–H and O–H groups in total. The van der Waals surface area contributed by atoms with Gasteiger partial charge in [-0.2, -0.15) is 0 Å². The largest absolute Gasteiger partial charge is 0.400 e. The van der Waals surface area contributed by atoms with E-state index in [1.54, 1.807) is 6.20 Å². The van der Waals surface area contributed by atoms with Crippen molar-refractivity contribution in [3.8, 4) is 0 Å². The number of hydrogen-bond donors (Lipinski definition) is 6. The lowest BCUT2D eigenvalue weighted by Gasteiger charge is -2.37. The summed E-state index contributed by atoms with van der Waals surface area (Å²) in [6.45, 7) is 5.06. The van der Waals surface area contributed by atoms with E-state index in [4.69, 9.17) is 31.3 Å². The van der Waals surface area contributed by atoms with Crippen LogP contribution in [0.2, 0.25) is 0 Å². The van der Waals surface area contributed by atoms with Gasteiger partial charge in [-0.15, -0.1) is 0 Å². The minimum absolute atomic E-state index is 0.00188. The second-order valence-electron chi connectivity index (χ2n) is 8.25. The van der Waals surface area contributed by atoms with Crippen molar-refractivity contribution >= 4 is 34.4 Å². The minimum atomic E-state index is -0.491. The first-order chi connectivity index (χ1) is 18.4. The molecule has 2 aliphatic heterocycles. The second-order valence-corrected chi connectivity index (χ2v) is 8.25. The van der Waals surface area contributed by atoms with E-state index in [0.29, 0.717) is 56.5 Å². The molecule has 0 spiro atoms. The first kappa shape index (κ1) is 30.7. The van der Waals surface area contributed by atoms with Gasteiger partial charge in [-0.05, 0) is 6.07 Å². The number of nitrogen functional groups attached to an aromatic ring is 1. The molecular weight excluding hydrogens is 500 g/mol. The quantitative estimate of drug-likeness (QED) is 0.158. The van der Waals surface area contributed by atoms with Gasteiger partial charge in [0.05, 0.1) is 54.6 Å². The van der Waals surface area contributed by atoms with E-state index in [1.165, 1.54) is 12.3 Å². The minimum Gasteiger partial charge on any atom is -0.400 e. The van der Waals surface area contributed by atoms with E-state index in [0.717, 1.165) is 31.7 Å². The normalized spacial score (nSPS) is 14.1. The van der Waals surface area contributed by atoms with Crippen molar-refractivity contribution < 1.29 is 30.5 Å². The Morgan fingerprint density at radius 1 is 0.763 bits per heavy atom. The number of nitro groups is 1. The third-order valence-corrected chi connectivity index (χ3v) is 5.95. The topological polar surface area (TPSA) is 209 Å². The highest BCUT2D eigenvalue weighted by molar-refractivity contribution is 5.73. The van der Waals surface area contributed by atoms with Crippen molar-refractivity contribution in [3.63, 3.8) is 0 Å². The summed E-state index contributed by atoms with van der Waals surface area (Å²) in [5, 5.41) is 53.9. The van der Waals surface area contributed by atoms with Crippen molar-refractivity contribution in [2.24, 2.45) is 0 Å². The molecule has 0 unspecified atom stereocenters. The average molecular weight is 539 g/mol. The van der Waals surface area contributed by atoms with Crippen molar-refractivity contribution in [2.75, 3.05) is 111 Å². The summed E-state index contributed by atoms with van der Waals surface area (Å²) in [5.74, 6) is 1.44. The Kier molecular flexibility index (Phi) is 12.7. The van der Waals surface area contributed by atoms with Gasteiger partial charge in [-0.1, -0.05) is 0 Å². The van der Waals surface area contributed by atoms with E-state index in [2.05, 4.69) is 14.9 Å². The summed E-state index contributed by atoms with van der Waals surface area (Å²) in [4.78, 5) is 26.6. The number of aromatic nitrogens is 2. The van der Waals surface area contributed by atoms with Gasteiger partial charge in [-0.25, -0.2) is 9.97 Å². The lowest BCUT2D eigenvalue weighted by Crippen LogP contribution is -2.43. The van der Waals surface area contributed by atoms with Gasteiger partial charge in [0.1, 0.15) is 6.20 Å². The number of nitrogens with two attached hydrogens (primary N) is 1. The molecule has 2 aliphatic rings. The van der Waals surface area contributed by atoms with Crippen LogP contribution in [0.5, 0.6) is 0 Å². The zero-order valence-corrected chi connectivity index (χ0v) is 21.6. The fourth-order valence-electron chi connectivity index (χ4n) is 4.27. The van der Waals surface area contributed by atoms with Gasteiger partial charge in [-0.3, -0.25) is 10.1 Å². The van der Waals surface area contributed by atoms with Crippen LogP contribution in [-0.2, 0) is 0 Å². The van der Waals surface area contributed by atoms with Gasteiger partial charge >= 0.3 is 0 Å². The molecule has 0 atom stereocenters. The van der Waals surface area contributed by atoms with Crippen LogP contribution in [0.25, 0.3) is 0 Å². The monoisotopic (exact) mass is 538 g/mol. The molecule has 0 radical (unpaired) electrons. The number of nitrogens with zero attached hydrogens (tertiary/aromatic N) is 7. The number of anilines is 5. The fourth-order valence-corrected chi connectivity index (χ4v) is 4.27. The van der Waals surface area contributed by atoms with Crippen molar-refractivity contribution in [1.82, 2.24) is 9.97 Å². The number of β-amino-alcohol motifs (C(OH)–C–C–N with tert-alkyl or cyclic N) is 4. The van der Waals surface area contributed by atoms with Gasteiger partial charge in [0.2, 0.25) is 0 Å². The van der Waals surface area contributed by atoms with Crippen LogP contribution in [0.15, 0.2) is 24.5 Å². The van der Waals surface area contributed by atoms with Crippen molar-refractivity contribution in [1.29, 1.82) is 0 Å². The fraction of sp³-hybridized carbons (Fsp3) is 0.565. The Balaban J connectivity index is 0.000000252. The smallest absolute Gasteiger partial charge is 0.289 e. The molecule has 2 aromatic heterocycles. The van der Waals surface area contributed by atoms with E-state index in [1.807, 2.05) is 20.8 Å². The maximum atomic E-state index is 10.8. The lowest BCUT2D eigenvalue weighted by molar-refractivity contribution is -0.385. The first-order valence-electron chi connectivity index (χ1n) is 12.2. The molecule has 0 saturated heterocycles. The molecule has 4 rings (SSSR count). The van der Waals surface area contributed by atoms with Crippen molar-refractivity contribution in [3.05, 3.63) is 34.6 Å². The standard InChI is InChI=1S/C11H16N4O4.C11H18N4O2.CH4O/c16-5-3-13-1-2-14(4-6-17)11-10(13)7-9(8-12-11)15(18)19;12-9-7-10-11(13-8-9)15(4-6-17)2-1-14(10)3-5-16;1-2/h7-8,16-17H,1-6H2;7-8,16-17H,1-6,12H2;2H,1H3. The highest BCUT2D eigenvalue weighted by Crippen LogP contribution is 2.34. The Morgan fingerprint density at radius 2 is 1.16 bits per heavy atom. The molecule has 4 heterocycles. The summed E-state index contributed by atoms with van der Waals surface area (Å²) in [6.07, 6.45) is 2.83. The molecule has 212 valence electrons. The van der Waals surface area contributed by atoms with E-state index in [-0.39, 0.29) is 32.1 Å². The Morgan fingerprint density at radius 3 is 1.61 bits per heavy atom. The van der Waals surface area contributed by atoms with Crippen LogP contribution >= 0.6 is 0 Å². The summed E-state index contributed by atoms with van der Waals surface area (Å²) in [7, 11) is 1.00. The van der Waals surface area contributed by atoms with E-state index in [9.17, 15) is 10.1 Å². The highest BCUT2D eigenvalue weighted by Gasteiger charge is 2.26. The Hall–Kier alpha value is -3.50. The molecule has 38 heavy (non-hydrogen) atoms. The molecule has 0 bridgehead atoms. The highest BCUT2D eigenvalue weighted by atomic mass is 16.6. The second kappa shape index (κ2) is 15.7. The lowest BCUT2D eigenvalue weighted by atomic mass is 10.2. The van der Waals surface area contributed by atoms with E-state index >= 15 is 0 Å². The number of pyridine rings is 2. The van der Waals surface area contributed by atoms with Crippen LogP contribution in [0, 0.1) is 10.1 Å². The average Bonchev–Trinajstić information content (AvgIpc) is 2.93. The maximum absolute atomic E-state index is 10.8. The number of fused-ring (bicyclic) bond motifs is 2. The SMILES string of the molecule is CO.Nc1cnc2c(c1)N(CCO)CCN2CCO.O=[N+]([O-])c1cnc2c(c1)N(CCO)CCN2CCO. The Labute approximate surface area is 221 Å². The van der Waals surface area contributed by atoms with Crippen LogP contribution in [0.1, 0.15) is 0 Å². The van der Waals surface area contributed by atoms with Crippen LogP contribution in [0.3, 0.4) is 0 Å². The Bertz CT molecular complexity index is 1020. The van der Waals surface area contributed by atoms with Crippen LogP contribution < -0.4 is 25.3 Å². The molecule has 0 amide bonds. The van der Waals surface area contributed by atoms with Crippen molar-refractivity contribution in [2.45, 2.75) is 0 Å². The number of aliphatic hydroxyl groups excluding tert-OH is 5. The predicted molar refractivity (Wildman–Crippen MR) is 145 cm³/mol. The summed E-state index contributed by atoms with van der Waals surface area (Å²) >= 11 is 0. The molecule has 0 aliphatic carbocycles.